The summed E-state index contributed by atoms with van der Waals surface area (Å²) >= 11 is 0. The van der Waals surface area contributed by atoms with Gasteiger partial charge < -0.3 is 0 Å². The number of hydrogen-bond donors (Lipinski definition) is 0. The second-order valence-electron chi connectivity index (χ2n) is 4.92. The Bertz CT molecular complexity index is 651. The molecule has 0 saturated carbocycles. The molecule has 0 fully saturated rings. The zero-order valence-corrected chi connectivity index (χ0v) is 11.6. The van der Waals surface area contributed by atoms with Crippen LogP contribution in [0, 0.1) is 0 Å². The summed E-state index contributed by atoms with van der Waals surface area (Å²) in [6.07, 6.45) is 3.71. The number of benzene rings is 2. The first kappa shape index (κ1) is 13.3. The lowest BCUT2D eigenvalue weighted by Gasteiger charge is -2.17. The normalized spacial score (nSPS) is 10.7. The van der Waals surface area contributed by atoms with Crippen LogP contribution in [-0.2, 0) is 0 Å². The molecule has 0 saturated heterocycles. The minimum Gasteiger partial charge on any atom is -0.273 e. The molecule has 0 radical (unpaired) electrons. The number of rotatable bonds is 4. The van der Waals surface area contributed by atoms with Crippen LogP contribution >= 0.6 is 0 Å². The fourth-order valence-corrected chi connectivity index (χ4v) is 2.48. The average molecular weight is 276 g/mol. The summed E-state index contributed by atoms with van der Waals surface area (Å²) in [5.74, 6) is 0.0433. The summed E-state index contributed by atoms with van der Waals surface area (Å²) in [6.45, 7) is 0. The number of carbonyl (C=O) groups excluding carboxylic acids is 1. The molecule has 0 atom stereocenters. The quantitative estimate of drug-likeness (QED) is 0.727. The van der Waals surface area contributed by atoms with Gasteiger partial charge in [0.25, 0.3) is 0 Å². The zero-order valence-electron chi connectivity index (χ0n) is 11.6. The second-order valence-corrected chi connectivity index (χ2v) is 4.92. The van der Waals surface area contributed by atoms with Gasteiger partial charge in [-0.05, 0) is 17.2 Å². The van der Waals surface area contributed by atoms with Crippen molar-refractivity contribution in [3.8, 4) is 0 Å². The summed E-state index contributed by atoms with van der Waals surface area (Å²) in [7, 11) is 0. The number of nitrogens with zero attached hydrogens (tertiary/aromatic N) is 2. The van der Waals surface area contributed by atoms with Gasteiger partial charge in [-0.3, -0.25) is 4.79 Å². The minimum absolute atomic E-state index is 0.00212. The lowest BCUT2D eigenvalue weighted by molar-refractivity contribution is 0.0881. The van der Waals surface area contributed by atoms with Gasteiger partial charge in [-0.15, -0.1) is 0 Å². The molecule has 2 aromatic carbocycles. The van der Waals surface area contributed by atoms with Crippen LogP contribution in [0.1, 0.15) is 28.3 Å². The molecule has 104 valence electrons. The van der Waals surface area contributed by atoms with Crippen molar-refractivity contribution in [3.05, 3.63) is 90.3 Å². The van der Waals surface area contributed by atoms with Crippen molar-refractivity contribution >= 4 is 5.91 Å². The van der Waals surface area contributed by atoms with Gasteiger partial charge in [-0.25, -0.2) is 4.68 Å². The molecule has 3 rings (SSSR count). The first-order chi connectivity index (χ1) is 10.3. The van der Waals surface area contributed by atoms with Crippen molar-refractivity contribution in [2.24, 2.45) is 0 Å². The summed E-state index contributed by atoms with van der Waals surface area (Å²) in [6, 6.07) is 22.0. The van der Waals surface area contributed by atoms with Crippen molar-refractivity contribution < 1.29 is 4.79 Å². The molecule has 0 bridgehead atoms. The van der Waals surface area contributed by atoms with E-state index in [1.807, 2.05) is 36.4 Å². The number of carbonyl (C=O) groups is 1. The third-order valence-corrected chi connectivity index (χ3v) is 3.54. The Hall–Kier alpha value is -2.68. The molecular formula is C18H16N2O. The fourth-order valence-electron chi connectivity index (χ4n) is 2.48. The highest BCUT2D eigenvalue weighted by Crippen LogP contribution is 2.28. The second kappa shape index (κ2) is 6.18. The van der Waals surface area contributed by atoms with E-state index >= 15 is 0 Å². The summed E-state index contributed by atoms with van der Waals surface area (Å²) in [4.78, 5) is 12.4. The molecule has 0 aliphatic heterocycles. The highest BCUT2D eigenvalue weighted by Gasteiger charge is 2.19. The van der Waals surface area contributed by atoms with Crippen LogP contribution in [0.5, 0.6) is 0 Å². The summed E-state index contributed by atoms with van der Waals surface area (Å²) in [5.41, 5.74) is 2.29. The van der Waals surface area contributed by atoms with Gasteiger partial charge in [0.2, 0.25) is 5.91 Å². The molecule has 0 unspecified atom stereocenters. The maximum Gasteiger partial charge on any atom is 0.247 e. The first-order valence-electron chi connectivity index (χ1n) is 6.97. The predicted molar refractivity (Wildman–Crippen MR) is 82.2 cm³/mol. The minimum atomic E-state index is -0.00212. The smallest absolute Gasteiger partial charge is 0.247 e. The molecule has 0 aliphatic carbocycles. The van der Waals surface area contributed by atoms with Crippen molar-refractivity contribution in [2.45, 2.75) is 12.3 Å². The molecule has 3 nitrogen and oxygen atoms in total. The Morgan fingerprint density at radius 3 is 1.95 bits per heavy atom. The lowest BCUT2D eigenvalue weighted by Crippen LogP contribution is -2.16. The highest BCUT2D eigenvalue weighted by atomic mass is 16.2. The first-order valence-corrected chi connectivity index (χ1v) is 6.97. The van der Waals surface area contributed by atoms with E-state index in [4.69, 9.17) is 0 Å². The van der Waals surface area contributed by atoms with Crippen molar-refractivity contribution in [3.63, 3.8) is 0 Å². The van der Waals surface area contributed by atoms with Crippen molar-refractivity contribution in [2.75, 3.05) is 0 Å². The standard InChI is InChI=1S/C18H16N2O/c21-18(20-13-7-12-19-20)14-17(15-8-3-1-4-9-15)16-10-5-2-6-11-16/h1-13,17H,14H2. The molecule has 1 heterocycles. The molecule has 0 N–H and O–H groups in total. The van der Waals surface area contributed by atoms with Crippen molar-refractivity contribution in [1.29, 1.82) is 0 Å². The van der Waals surface area contributed by atoms with Crippen LogP contribution < -0.4 is 0 Å². The molecule has 0 spiro atoms. The maximum atomic E-state index is 12.4. The topological polar surface area (TPSA) is 34.9 Å². The monoisotopic (exact) mass is 276 g/mol. The zero-order chi connectivity index (χ0) is 14.5. The van der Waals surface area contributed by atoms with Gasteiger partial charge >= 0.3 is 0 Å². The fraction of sp³-hybridized carbons (Fsp3) is 0.111. The van der Waals surface area contributed by atoms with Gasteiger partial charge in [0, 0.05) is 24.7 Å². The van der Waals surface area contributed by atoms with Gasteiger partial charge in [0.15, 0.2) is 0 Å². The van der Waals surface area contributed by atoms with Crippen LogP contribution in [0.2, 0.25) is 0 Å². The van der Waals surface area contributed by atoms with E-state index in [2.05, 4.69) is 29.4 Å². The molecule has 0 amide bonds. The van der Waals surface area contributed by atoms with Gasteiger partial charge in [-0.2, -0.15) is 5.10 Å². The van der Waals surface area contributed by atoms with E-state index in [0.717, 1.165) is 11.1 Å². The van der Waals surface area contributed by atoms with E-state index < -0.39 is 0 Å². The van der Waals surface area contributed by atoms with Gasteiger partial charge in [-0.1, -0.05) is 60.7 Å². The van der Waals surface area contributed by atoms with Crippen LogP contribution in [0.3, 0.4) is 0 Å². The van der Waals surface area contributed by atoms with E-state index in [9.17, 15) is 4.79 Å². The highest BCUT2D eigenvalue weighted by molar-refractivity contribution is 5.79. The molecule has 3 aromatic rings. The Kier molecular flexibility index (Phi) is 3.92. The number of aromatic nitrogens is 2. The van der Waals surface area contributed by atoms with Gasteiger partial charge in [0.05, 0.1) is 0 Å². The maximum absolute atomic E-state index is 12.4. The predicted octanol–water partition coefficient (Wildman–Crippen LogP) is 3.75. The summed E-state index contributed by atoms with van der Waals surface area (Å²) in [5, 5.41) is 4.02. The third-order valence-electron chi connectivity index (χ3n) is 3.54. The van der Waals surface area contributed by atoms with Crippen molar-refractivity contribution in [1.82, 2.24) is 9.78 Å². The van der Waals surface area contributed by atoms with Gasteiger partial charge in [0.1, 0.15) is 0 Å². The SMILES string of the molecule is O=C(CC(c1ccccc1)c1ccccc1)n1cccn1. The van der Waals surface area contributed by atoms with Crippen LogP contribution in [0.4, 0.5) is 0 Å². The Morgan fingerprint density at radius 2 is 1.48 bits per heavy atom. The van der Waals surface area contributed by atoms with E-state index in [1.54, 1.807) is 18.5 Å². The van der Waals surface area contributed by atoms with Crippen LogP contribution in [0.15, 0.2) is 79.1 Å². The van der Waals surface area contributed by atoms with Crippen LogP contribution in [0.25, 0.3) is 0 Å². The largest absolute Gasteiger partial charge is 0.273 e. The Labute approximate surface area is 123 Å². The Balaban J connectivity index is 1.92. The summed E-state index contributed by atoms with van der Waals surface area (Å²) < 4.78 is 1.40. The number of hydrogen-bond acceptors (Lipinski definition) is 2. The van der Waals surface area contributed by atoms with E-state index in [-0.39, 0.29) is 11.8 Å². The molecule has 3 heteroatoms. The third kappa shape index (κ3) is 3.08. The Morgan fingerprint density at radius 1 is 0.905 bits per heavy atom. The average Bonchev–Trinajstić information content (AvgIpc) is 3.09. The molecule has 21 heavy (non-hydrogen) atoms. The van der Waals surface area contributed by atoms with E-state index in [1.165, 1.54) is 4.68 Å². The molecule has 0 aliphatic rings. The van der Waals surface area contributed by atoms with Crippen LogP contribution in [-0.4, -0.2) is 15.7 Å². The molecule has 1 aromatic heterocycles. The lowest BCUT2D eigenvalue weighted by atomic mass is 9.88. The molecular weight excluding hydrogens is 260 g/mol. The van der Waals surface area contributed by atoms with E-state index in [0.29, 0.717) is 6.42 Å².